The van der Waals surface area contributed by atoms with Crippen LogP contribution in [-0.2, 0) is 9.84 Å². The maximum atomic E-state index is 11.9. The first-order valence-corrected chi connectivity index (χ1v) is 6.27. The zero-order valence-electron chi connectivity index (χ0n) is 9.15. The molecule has 0 spiro atoms. The van der Waals surface area contributed by atoms with Gasteiger partial charge in [-0.3, -0.25) is 0 Å². The molecular formula is C10H8F3NO3S. The van der Waals surface area contributed by atoms with Crippen molar-refractivity contribution < 1.29 is 26.3 Å². The summed E-state index contributed by atoms with van der Waals surface area (Å²) in [6.45, 7) is 1.33. The summed E-state index contributed by atoms with van der Waals surface area (Å²) in [6.07, 6.45) is -4.83. The molecule has 1 aromatic rings. The highest BCUT2D eigenvalue weighted by molar-refractivity contribution is 7.91. The summed E-state index contributed by atoms with van der Waals surface area (Å²) in [5.74, 6) is -1.23. The van der Waals surface area contributed by atoms with Crippen molar-refractivity contribution in [3.8, 4) is 11.8 Å². The van der Waals surface area contributed by atoms with Gasteiger partial charge in [-0.05, 0) is 30.7 Å². The van der Waals surface area contributed by atoms with Crippen LogP contribution in [0.2, 0.25) is 0 Å². The van der Waals surface area contributed by atoms with Gasteiger partial charge in [-0.25, -0.2) is 8.42 Å². The highest BCUT2D eigenvalue weighted by Crippen LogP contribution is 2.26. The van der Waals surface area contributed by atoms with Gasteiger partial charge in [0.05, 0.1) is 11.0 Å². The van der Waals surface area contributed by atoms with Crippen LogP contribution in [0.25, 0.3) is 0 Å². The van der Waals surface area contributed by atoms with Crippen molar-refractivity contribution in [2.24, 2.45) is 0 Å². The Hall–Kier alpha value is -1.75. The van der Waals surface area contributed by atoms with E-state index in [1.165, 1.54) is 13.0 Å². The summed E-state index contributed by atoms with van der Waals surface area (Å²) in [7, 11) is -3.80. The summed E-state index contributed by atoms with van der Waals surface area (Å²) >= 11 is 0. The second-order valence-corrected chi connectivity index (χ2v) is 5.35. The fraction of sp³-hybridized carbons (Fsp3) is 0.300. The number of alkyl halides is 3. The number of hydrogen-bond donors (Lipinski definition) is 0. The summed E-state index contributed by atoms with van der Waals surface area (Å²) in [6, 6.07) is 4.33. The van der Waals surface area contributed by atoms with E-state index in [1.807, 2.05) is 0 Å². The molecule has 0 aliphatic heterocycles. The van der Waals surface area contributed by atoms with Crippen molar-refractivity contribution >= 4 is 9.84 Å². The Labute approximate surface area is 102 Å². The van der Waals surface area contributed by atoms with E-state index in [9.17, 15) is 21.6 Å². The maximum Gasteiger partial charge on any atom is 0.573 e. The molecular weight excluding hydrogens is 271 g/mol. The molecule has 0 saturated carbocycles. The van der Waals surface area contributed by atoms with Crippen LogP contribution >= 0.6 is 0 Å². The number of nitrogens with zero attached hydrogens (tertiary/aromatic N) is 1. The molecule has 0 aromatic heterocycles. The van der Waals surface area contributed by atoms with E-state index >= 15 is 0 Å². The topological polar surface area (TPSA) is 67.2 Å². The predicted molar refractivity (Wildman–Crippen MR) is 55.5 cm³/mol. The Balaban J connectivity index is 3.12. The van der Waals surface area contributed by atoms with Crippen LogP contribution < -0.4 is 4.74 Å². The molecule has 98 valence electrons. The third-order valence-electron chi connectivity index (χ3n) is 1.97. The van der Waals surface area contributed by atoms with E-state index in [0.29, 0.717) is 0 Å². The zero-order valence-corrected chi connectivity index (χ0v) is 9.97. The second kappa shape index (κ2) is 4.86. The molecule has 0 heterocycles. The maximum absolute atomic E-state index is 11.9. The summed E-state index contributed by atoms with van der Waals surface area (Å²) < 4.78 is 62.6. The number of halogens is 3. The van der Waals surface area contributed by atoms with Crippen LogP contribution in [0.3, 0.4) is 0 Å². The van der Waals surface area contributed by atoms with Gasteiger partial charge in [0.1, 0.15) is 11.5 Å². The first-order valence-electron chi connectivity index (χ1n) is 4.62. The molecule has 0 N–H and O–H groups in total. The van der Waals surface area contributed by atoms with Crippen LogP contribution in [0.15, 0.2) is 23.1 Å². The highest BCUT2D eigenvalue weighted by atomic mass is 32.2. The van der Waals surface area contributed by atoms with Gasteiger partial charge >= 0.3 is 6.36 Å². The number of sulfone groups is 1. The average molecular weight is 279 g/mol. The SMILES string of the molecule is Cc1cc(OC(F)(F)F)ccc1S(=O)(=O)CC#N. The van der Waals surface area contributed by atoms with E-state index < -0.39 is 27.7 Å². The Morgan fingerprint density at radius 3 is 2.44 bits per heavy atom. The summed E-state index contributed by atoms with van der Waals surface area (Å²) in [4.78, 5) is -0.182. The van der Waals surface area contributed by atoms with Gasteiger partial charge in [-0.15, -0.1) is 13.2 Å². The van der Waals surface area contributed by atoms with Gasteiger partial charge in [0, 0.05) is 0 Å². The van der Waals surface area contributed by atoms with Crippen molar-refractivity contribution in [3.05, 3.63) is 23.8 Å². The largest absolute Gasteiger partial charge is 0.573 e. The lowest BCUT2D eigenvalue weighted by atomic mass is 10.2. The molecule has 0 bridgehead atoms. The molecule has 4 nitrogen and oxygen atoms in total. The summed E-state index contributed by atoms with van der Waals surface area (Å²) in [5, 5.41) is 8.36. The lowest BCUT2D eigenvalue weighted by molar-refractivity contribution is -0.274. The Kier molecular flexibility index (Phi) is 3.86. The lowest BCUT2D eigenvalue weighted by Gasteiger charge is -2.11. The number of hydrogen-bond acceptors (Lipinski definition) is 4. The normalized spacial score (nSPS) is 11.9. The average Bonchev–Trinajstić information content (AvgIpc) is 2.13. The highest BCUT2D eigenvalue weighted by Gasteiger charge is 2.31. The number of benzene rings is 1. The minimum atomic E-state index is -4.83. The van der Waals surface area contributed by atoms with Crippen LogP contribution in [0.5, 0.6) is 5.75 Å². The molecule has 8 heteroatoms. The van der Waals surface area contributed by atoms with Crippen LogP contribution in [-0.4, -0.2) is 20.5 Å². The van der Waals surface area contributed by atoms with E-state index in [2.05, 4.69) is 4.74 Å². The van der Waals surface area contributed by atoms with Gasteiger partial charge < -0.3 is 4.74 Å². The molecule has 1 rings (SSSR count). The third-order valence-corrected chi connectivity index (χ3v) is 3.61. The quantitative estimate of drug-likeness (QED) is 0.850. The van der Waals surface area contributed by atoms with E-state index in [0.717, 1.165) is 18.2 Å². The third kappa shape index (κ3) is 3.63. The monoisotopic (exact) mass is 279 g/mol. The molecule has 1 aromatic carbocycles. The van der Waals surface area contributed by atoms with E-state index in [-0.39, 0.29) is 10.5 Å². The molecule has 0 aliphatic carbocycles. The molecule has 0 aliphatic rings. The minimum Gasteiger partial charge on any atom is -0.406 e. The van der Waals surface area contributed by atoms with Crippen molar-refractivity contribution in [2.75, 3.05) is 5.75 Å². The minimum absolute atomic E-state index is 0.0898. The molecule has 0 radical (unpaired) electrons. The molecule has 18 heavy (non-hydrogen) atoms. The van der Waals surface area contributed by atoms with Crippen molar-refractivity contribution in [1.82, 2.24) is 0 Å². The smallest absolute Gasteiger partial charge is 0.406 e. The molecule has 0 amide bonds. The first kappa shape index (κ1) is 14.3. The van der Waals surface area contributed by atoms with Crippen LogP contribution in [0.4, 0.5) is 13.2 Å². The number of aryl methyl sites for hydroxylation is 1. The molecule has 0 fully saturated rings. The summed E-state index contributed by atoms with van der Waals surface area (Å²) in [5.41, 5.74) is 0.0898. The predicted octanol–water partition coefficient (Wildman–Crippen LogP) is 2.19. The van der Waals surface area contributed by atoms with Crippen LogP contribution in [0.1, 0.15) is 5.56 Å². The zero-order chi connectivity index (χ0) is 14.0. The van der Waals surface area contributed by atoms with Gasteiger partial charge in [0.25, 0.3) is 0 Å². The first-order chi connectivity index (χ1) is 8.15. The van der Waals surface area contributed by atoms with Gasteiger partial charge in [-0.1, -0.05) is 0 Å². The second-order valence-electron chi connectivity index (χ2n) is 3.39. The van der Waals surface area contributed by atoms with Crippen molar-refractivity contribution in [1.29, 1.82) is 5.26 Å². The Bertz CT molecular complexity index is 587. The Morgan fingerprint density at radius 1 is 1.39 bits per heavy atom. The standard InChI is InChI=1S/C10H8F3NO3S/c1-7-6-8(17-10(11,12)13)2-3-9(7)18(15,16)5-4-14/h2-3,6H,5H2,1H3. The van der Waals surface area contributed by atoms with Gasteiger partial charge in [0.2, 0.25) is 0 Å². The van der Waals surface area contributed by atoms with Gasteiger partial charge in [-0.2, -0.15) is 5.26 Å². The number of rotatable bonds is 3. The fourth-order valence-electron chi connectivity index (χ4n) is 1.33. The lowest BCUT2D eigenvalue weighted by Crippen LogP contribution is -2.17. The van der Waals surface area contributed by atoms with E-state index in [4.69, 9.17) is 5.26 Å². The Morgan fingerprint density at radius 2 is 2.00 bits per heavy atom. The van der Waals surface area contributed by atoms with Crippen molar-refractivity contribution in [2.45, 2.75) is 18.2 Å². The number of nitriles is 1. The van der Waals surface area contributed by atoms with E-state index in [1.54, 1.807) is 0 Å². The van der Waals surface area contributed by atoms with Crippen molar-refractivity contribution in [3.63, 3.8) is 0 Å². The molecule has 0 saturated heterocycles. The van der Waals surface area contributed by atoms with Crippen LogP contribution in [0, 0.1) is 18.3 Å². The molecule has 0 atom stereocenters. The molecule has 0 unspecified atom stereocenters. The number of ether oxygens (including phenoxy) is 1. The fourth-order valence-corrected chi connectivity index (χ4v) is 2.48. The van der Waals surface area contributed by atoms with Gasteiger partial charge in [0.15, 0.2) is 9.84 Å².